The molecule has 0 atom stereocenters. The third-order valence-electron chi connectivity index (χ3n) is 3.73. The fourth-order valence-corrected chi connectivity index (χ4v) is 2.33. The zero-order valence-electron chi connectivity index (χ0n) is 12.6. The lowest BCUT2D eigenvalue weighted by molar-refractivity contribution is -0.146. The molecule has 0 spiro atoms. The zero-order valence-corrected chi connectivity index (χ0v) is 12.6. The van der Waals surface area contributed by atoms with Crippen molar-refractivity contribution in [2.75, 3.05) is 13.7 Å². The van der Waals surface area contributed by atoms with E-state index in [0.717, 1.165) is 11.5 Å². The molecular weight excluding hydrogens is 286 g/mol. The zero-order chi connectivity index (χ0) is 15.9. The van der Waals surface area contributed by atoms with E-state index in [9.17, 15) is 9.59 Å². The Hall–Kier alpha value is -2.24. The van der Waals surface area contributed by atoms with E-state index in [0.29, 0.717) is 32.3 Å². The topological polar surface area (TPSA) is 84.9 Å². The monoisotopic (exact) mass is 307 g/mol. The second-order valence-electron chi connectivity index (χ2n) is 5.40. The van der Waals surface area contributed by atoms with E-state index >= 15 is 0 Å². The third-order valence-corrected chi connectivity index (χ3v) is 3.73. The average Bonchev–Trinajstić information content (AvgIpc) is 2.47. The summed E-state index contributed by atoms with van der Waals surface area (Å²) < 4.78 is 10.6. The molecule has 1 aromatic rings. The van der Waals surface area contributed by atoms with Gasteiger partial charge >= 0.3 is 5.97 Å². The quantitative estimate of drug-likeness (QED) is 0.716. The minimum absolute atomic E-state index is 0.0103. The fraction of sp³-hybridized carbons (Fsp3) is 0.500. The molecule has 2 rings (SSSR count). The predicted molar refractivity (Wildman–Crippen MR) is 80.0 cm³/mol. The molecule has 0 aliphatic heterocycles. The first-order chi connectivity index (χ1) is 10.6. The average molecular weight is 307 g/mol. The molecule has 6 heteroatoms. The van der Waals surface area contributed by atoms with Crippen molar-refractivity contribution >= 4 is 11.9 Å². The lowest BCUT2D eigenvalue weighted by Gasteiger charge is -2.32. The summed E-state index contributed by atoms with van der Waals surface area (Å²) in [5, 5.41) is 11.6. The maximum Gasteiger partial charge on any atom is 0.306 e. The number of carboxylic acids is 1. The first-order valence-electron chi connectivity index (χ1n) is 7.37. The van der Waals surface area contributed by atoms with Crippen molar-refractivity contribution in [1.29, 1.82) is 0 Å². The molecule has 1 amide bonds. The smallest absolute Gasteiger partial charge is 0.306 e. The van der Waals surface area contributed by atoms with Gasteiger partial charge in [0.1, 0.15) is 11.5 Å². The Kier molecular flexibility index (Phi) is 5.63. The molecule has 0 heterocycles. The van der Waals surface area contributed by atoms with Crippen LogP contribution in [0.1, 0.15) is 25.7 Å². The van der Waals surface area contributed by atoms with Crippen LogP contribution in [0.5, 0.6) is 11.5 Å². The van der Waals surface area contributed by atoms with Gasteiger partial charge in [0.25, 0.3) is 0 Å². The number of amides is 1. The maximum atomic E-state index is 11.7. The lowest BCUT2D eigenvalue weighted by Crippen LogP contribution is -2.46. The summed E-state index contributed by atoms with van der Waals surface area (Å²) in [5.41, 5.74) is 0. The van der Waals surface area contributed by atoms with Gasteiger partial charge in [-0.05, 0) is 43.5 Å². The van der Waals surface area contributed by atoms with E-state index in [1.54, 1.807) is 7.11 Å². The third kappa shape index (κ3) is 4.65. The summed E-state index contributed by atoms with van der Waals surface area (Å²) in [7, 11) is 1.61. The number of hydrogen-bond acceptors (Lipinski definition) is 4. The van der Waals surface area contributed by atoms with Gasteiger partial charge in [-0.2, -0.15) is 0 Å². The summed E-state index contributed by atoms with van der Waals surface area (Å²) in [6.07, 6.45) is 2.06. The lowest BCUT2D eigenvalue weighted by atomic mass is 9.80. The van der Waals surface area contributed by atoms with E-state index in [-0.39, 0.29) is 17.9 Å². The van der Waals surface area contributed by atoms with Gasteiger partial charge in [-0.25, -0.2) is 0 Å². The highest BCUT2D eigenvalue weighted by molar-refractivity contribution is 5.77. The highest BCUT2D eigenvalue weighted by Gasteiger charge is 2.34. The number of carbonyl (C=O) groups is 2. The van der Waals surface area contributed by atoms with Gasteiger partial charge in [-0.15, -0.1) is 0 Å². The molecule has 120 valence electrons. The molecule has 1 saturated carbocycles. The van der Waals surface area contributed by atoms with Crippen LogP contribution >= 0.6 is 0 Å². The second kappa shape index (κ2) is 7.68. The molecule has 22 heavy (non-hydrogen) atoms. The van der Waals surface area contributed by atoms with Crippen LogP contribution in [-0.4, -0.2) is 36.7 Å². The molecule has 0 unspecified atom stereocenters. The molecule has 0 radical (unpaired) electrons. The molecular formula is C16H21NO5. The Morgan fingerprint density at radius 1 is 1.23 bits per heavy atom. The Morgan fingerprint density at radius 3 is 2.45 bits per heavy atom. The van der Waals surface area contributed by atoms with Crippen molar-refractivity contribution < 1.29 is 24.2 Å². The molecule has 0 saturated heterocycles. The van der Waals surface area contributed by atoms with Crippen LogP contribution in [-0.2, 0) is 9.59 Å². The summed E-state index contributed by atoms with van der Waals surface area (Å²) in [4.78, 5) is 22.3. The number of methoxy groups -OCH3 is 1. The highest BCUT2D eigenvalue weighted by atomic mass is 16.5. The minimum Gasteiger partial charge on any atom is -0.497 e. The molecule has 6 nitrogen and oxygen atoms in total. The summed E-state index contributed by atoms with van der Waals surface area (Å²) in [6, 6.07) is 7.28. The van der Waals surface area contributed by atoms with E-state index < -0.39 is 5.97 Å². The fourth-order valence-electron chi connectivity index (χ4n) is 2.33. The van der Waals surface area contributed by atoms with E-state index in [2.05, 4.69) is 5.32 Å². The van der Waals surface area contributed by atoms with Gasteiger partial charge < -0.3 is 19.9 Å². The standard InChI is InChI=1S/C16H21NO5/c1-21-13-4-6-14(7-5-13)22-8-2-3-15(18)17-12-9-11(10-12)16(19)20/h4-7,11-12H,2-3,8-10H2,1H3,(H,17,18)(H,19,20). The number of nitrogens with one attached hydrogen (secondary N) is 1. The van der Waals surface area contributed by atoms with E-state index in [1.165, 1.54) is 0 Å². The van der Waals surface area contributed by atoms with Crippen molar-refractivity contribution in [3.63, 3.8) is 0 Å². The largest absolute Gasteiger partial charge is 0.497 e. The molecule has 1 aliphatic rings. The van der Waals surface area contributed by atoms with Gasteiger partial charge in [0.2, 0.25) is 5.91 Å². The highest BCUT2D eigenvalue weighted by Crippen LogP contribution is 2.27. The number of benzene rings is 1. The maximum absolute atomic E-state index is 11.7. The van der Waals surface area contributed by atoms with Crippen LogP contribution in [0.15, 0.2) is 24.3 Å². The number of ether oxygens (including phenoxy) is 2. The van der Waals surface area contributed by atoms with Crippen LogP contribution in [0.3, 0.4) is 0 Å². The predicted octanol–water partition coefficient (Wildman–Crippen LogP) is 1.83. The molecule has 0 aromatic heterocycles. The number of rotatable bonds is 8. The van der Waals surface area contributed by atoms with Gasteiger partial charge in [0, 0.05) is 12.5 Å². The first-order valence-corrected chi connectivity index (χ1v) is 7.37. The van der Waals surface area contributed by atoms with Crippen LogP contribution < -0.4 is 14.8 Å². The van der Waals surface area contributed by atoms with Crippen molar-refractivity contribution in [2.24, 2.45) is 5.92 Å². The van der Waals surface area contributed by atoms with Crippen molar-refractivity contribution in [1.82, 2.24) is 5.32 Å². The number of carbonyl (C=O) groups excluding carboxylic acids is 1. The molecule has 0 bridgehead atoms. The van der Waals surface area contributed by atoms with Crippen LogP contribution in [0.4, 0.5) is 0 Å². The van der Waals surface area contributed by atoms with Crippen LogP contribution in [0, 0.1) is 5.92 Å². The van der Waals surface area contributed by atoms with Crippen LogP contribution in [0.25, 0.3) is 0 Å². The van der Waals surface area contributed by atoms with Crippen molar-refractivity contribution in [3.05, 3.63) is 24.3 Å². The normalized spacial score (nSPS) is 19.9. The Bertz CT molecular complexity index is 508. The summed E-state index contributed by atoms with van der Waals surface area (Å²) in [6.45, 7) is 0.460. The van der Waals surface area contributed by atoms with Crippen molar-refractivity contribution in [3.8, 4) is 11.5 Å². The van der Waals surface area contributed by atoms with E-state index in [4.69, 9.17) is 14.6 Å². The number of aliphatic carboxylic acids is 1. The molecule has 1 fully saturated rings. The van der Waals surface area contributed by atoms with Crippen molar-refractivity contribution in [2.45, 2.75) is 31.7 Å². The Morgan fingerprint density at radius 2 is 1.86 bits per heavy atom. The molecule has 2 N–H and O–H groups in total. The Balaban J connectivity index is 1.56. The number of hydrogen-bond donors (Lipinski definition) is 2. The molecule has 1 aromatic carbocycles. The minimum atomic E-state index is -0.779. The van der Waals surface area contributed by atoms with Crippen LogP contribution in [0.2, 0.25) is 0 Å². The SMILES string of the molecule is COc1ccc(OCCCC(=O)NC2CC(C(=O)O)C2)cc1. The molecule has 1 aliphatic carbocycles. The van der Waals surface area contributed by atoms with Gasteiger partial charge in [-0.1, -0.05) is 0 Å². The van der Waals surface area contributed by atoms with Gasteiger partial charge in [0.15, 0.2) is 0 Å². The summed E-state index contributed by atoms with van der Waals surface area (Å²) >= 11 is 0. The van der Waals surface area contributed by atoms with E-state index in [1.807, 2.05) is 24.3 Å². The van der Waals surface area contributed by atoms with Gasteiger partial charge in [-0.3, -0.25) is 9.59 Å². The van der Waals surface area contributed by atoms with Gasteiger partial charge in [0.05, 0.1) is 19.6 Å². The number of carboxylic acid groups (broad SMARTS) is 1. The summed E-state index contributed by atoms with van der Waals surface area (Å²) in [5.74, 6) is 0.380. The first kappa shape index (κ1) is 16.1. The second-order valence-corrected chi connectivity index (χ2v) is 5.40. The Labute approximate surface area is 129 Å².